The van der Waals surface area contributed by atoms with E-state index in [1.165, 1.54) is 18.3 Å². The van der Waals surface area contributed by atoms with Crippen LogP contribution in [0.3, 0.4) is 0 Å². The van der Waals surface area contributed by atoms with Crippen LogP contribution >= 0.6 is 0 Å². The second-order valence-corrected chi connectivity index (χ2v) is 7.45. The van der Waals surface area contributed by atoms with Crippen LogP contribution in [0.2, 0.25) is 0 Å². The van der Waals surface area contributed by atoms with Crippen molar-refractivity contribution < 1.29 is 23.8 Å². The van der Waals surface area contributed by atoms with Crippen molar-refractivity contribution in [2.45, 2.75) is 30.7 Å². The number of benzene rings is 1. The smallest absolute Gasteiger partial charge is 0.269 e. The number of imidazole rings is 1. The number of amides is 1. The Kier molecular flexibility index (Phi) is 5.79. The second-order valence-electron chi connectivity index (χ2n) is 7.45. The summed E-state index contributed by atoms with van der Waals surface area (Å²) >= 11 is 0. The largest absolute Gasteiger partial charge is 0.487 e. The van der Waals surface area contributed by atoms with E-state index in [-0.39, 0.29) is 18.0 Å². The fraction of sp³-hybridized carbons (Fsp3) is 0.500. The quantitative estimate of drug-likeness (QED) is 0.758. The van der Waals surface area contributed by atoms with Crippen LogP contribution in [0.1, 0.15) is 16.9 Å². The molecular formula is C20H25FN4O4. The van der Waals surface area contributed by atoms with Gasteiger partial charge in [0, 0.05) is 32.6 Å². The van der Waals surface area contributed by atoms with Crippen LogP contribution in [-0.4, -0.2) is 76.1 Å². The Hall–Kier alpha value is -2.49. The summed E-state index contributed by atoms with van der Waals surface area (Å²) < 4.78 is 26.5. The molecule has 1 saturated heterocycles. The second kappa shape index (κ2) is 8.48. The van der Waals surface area contributed by atoms with Crippen molar-refractivity contribution in [1.82, 2.24) is 19.8 Å². The lowest BCUT2D eigenvalue weighted by Crippen LogP contribution is -2.56. The fourth-order valence-electron chi connectivity index (χ4n) is 4.13. The number of aliphatic hydroxyl groups excluding tert-OH is 1. The van der Waals surface area contributed by atoms with Gasteiger partial charge in [0.05, 0.1) is 37.8 Å². The Morgan fingerprint density at radius 3 is 2.86 bits per heavy atom. The van der Waals surface area contributed by atoms with Gasteiger partial charge in [-0.05, 0) is 12.1 Å². The van der Waals surface area contributed by atoms with Crippen LogP contribution in [-0.2, 0) is 11.8 Å². The van der Waals surface area contributed by atoms with E-state index in [1.54, 1.807) is 30.1 Å². The van der Waals surface area contributed by atoms with Gasteiger partial charge in [-0.3, -0.25) is 9.69 Å². The summed E-state index contributed by atoms with van der Waals surface area (Å²) in [7, 11) is 1.75. The minimum atomic E-state index is -0.840. The molecular weight excluding hydrogens is 379 g/mol. The van der Waals surface area contributed by atoms with Crippen molar-refractivity contribution in [3.8, 4) is 5.75 Å². The van der Waals surface area contributed by atoms with Crippen molar-refractivity contribution in [3.63, 3.8) is 0 Å². The molecule has 1 aliphatic heterocycles. The van der Waals surface area contributed by atoms with Gasteiger partial charge >= 0.3 is 0 Å². The third-order valence-electron chi connectivity index (χ3n) is 5.55. The predicted octanol–water partition coefficient (Wildman–Crippen LogP) is 0.571. The molecule has 0 unspecified atom stereocenters. The normalized spacial score (nSPS) is 27.7. The Labute approximate surface area is 168 Å². The van der Waals surface area contributed by atoms with Gasteiger partial charge in [-0.15, -0.1) is 0 Å². The van der Waals surface area contributed by atoms with Crippen LogP contribution < -0.4 is 10.1 Å². The average Bonchev–Trinajstić information content (AvgIpc) is 3.26. The SMILES string of the molecule is Cn1cncc1C(=O)N[C@@H]1C[C@@H](Oc2cccc(F)c2)[C@H](O)[C@H]1N1CCOCC1. The van der Waals surface area contributed by atoms with Gasteiger partial charge in [-0.1, -0.05) is 6.07 Å². The molecule has 29 heavy (non-hydrogen) atoms. The molecule has 2 fully saturated rings. The number of ether oxygens (including phenoxy) is 2. The Morgan fingerprint density at radius 1 is 1.38 bits per heavy atom. The number of aliphatic hydroxyl groups is 1. The van der Waals surface area contributed by atoms with Crippen LogP contribution in [0.25, 0.3) is 0 Å². The van der Waals surface area contributed by atoms with Crippen molar-refractivity contribution in [3.05, 3.63) is 48.3 Å². The van der Waals surface area contributed by atoms with E-state index in [9.17, 15) is 14.3 Å². The molecule has 156 valence electrons. The van der Waals surface area contributed by atoms with Crippen LogP contribution in [0.15, 0.2) is 36.8 Å². The molecule has 0 radical (unpaired) electrons. The first-order valence-corrected chi connectivity index (χ1v) is 9.72. The predicted molar refractivity (Wildman–Crippen MR) is 102 cm³/mol. The highest BCUT2D eigenvalue weighted by Crippen LogP contribution is 2.30. The highest BCUT2D eigenvalue weighted by molar-refractivity contribution is 5.92. The van der Waals surface area contributed by atoms with Crippen molar-refractivity contribution in [2.24, 2.45) is 7.05 Å². The first-order valence-electron chi connectivity index (χ1n) is 9.72. The monoisotopic (exact) mass is 404 g/mol. The summed E-state index contributed by atoms with van der Waals surface area (Å²) in [5.74, 6) is -0.305. The molecule has 1 amide bonds. The summed E-state index contributed by atoms with van der Waals surface area (Å²) in [5, 5.41) is 14.1. The molecule has 2 aliphatic rings. The van der Waals surface area contributed by atoms with Crippen LogP contribution in [0.4, 0.5) is 4.39 Å². The van der Waals surface area contributed by atoms with Gasteiger partial charge in [0.1, 0.15) is 29.5 Å². The number of nitrogens with one attached hydrogen (secondary N) is 1. The minimum Gasteiger partial charge on any atom is -0.487 e. The fourth-order valence-corrected chi connectivity index (χ4v) is 4.13. The first kappa shape index (κ1) is 19.8. The summed E-state index contributed by atoms with van der Waals surface area (Å²) in [5.41, 5.74) is 0.440. The van der Waals surface area contributed by atoms with Gasteiger partial charge in [-0.2, -0.15) is 0 Å². The maximum Gasteiger partial charge on any atom is 0.269 e. The third kappa shape index (κ3) is 4.26. The van der Waals surface area contributed by atoms with Crippen molar-refractivity contribution >= 4 is 5.91 Å². The zero-order valence-electron chi connectivity index (χ0n) is 16.2. The number of nitrogens with zero attached hydrogens (tertiary/aromatic N) is 3. The summed E-state index contributed by atoms with van der Waals surface area (Å²) in [4.78, 5) is 18.8. The minimum absolute atomic E-state index is 0.258. The molecule has 1 aliphatic carbocycles. The molecule has 8 nitrogen and oxygen atoms in total. The lowest BCUT2D eigenvalue weighted by molar-refractivity contribution is -0.0350. The molecule has 1 aromatic heterocycles. The summed E-state index contributed by atoms with van der Waals surface area (Å²) in [6.45, 7) is 2.46. The van der Waals surface area contributed by atoms with E-state index < -0.39 is 18.0 Å². The molecule has 4 atom stereocenters. The lowest BCUT2D eigenvalue weighted by atomic mass is 10.1. The average molecular weight is 404 g/mol. The molecule has 2 aromatic rings. The number of halogens is 1. The van der Waals surface area contributed by atoms with Gasteiger partial charge in [-0.25, -0.2) is 9.37 Å². The molecule has 4 rings (SSSR count). The number of hydrogen-bond donors (Lipinski definition) is 2. The number of morpholine rings is 1. The molecule has 1 aromatic carbocycles. The van der Waals surface area contributed by atoms with Crippen molar-refractivity contribution in [2.75, 3.05) is 26.3 Å². The molecule has 1 saturated carbocycles. The third-order valence-corrected chi connectivity index (χ3v) is 5.55. The van der Waals surface area contributed by atoms with E-state index >= 15 is 0 Å². The van der Waals surface area contributed by atoms with E-state index in [0.717, 1.165) is 0 Å². The number of aryl methyl sites for hydroxylation is 1. The molecule has 0 bridgehead atoms. The van der Waals surface area contributed by atoms with Gasteiger partial charge < -0.3 is 24.5 Å². The van der Waals surface area contributed by atoms with E-state index in [0.29, 0.717) is 44.2 Å². The lowest BCUT2D eigenvalue weighted by Gasteiger charge is -2.37. The van der Waals surface area contributed by atoms with E-state index in [4.69, 9.17) is 9.47 Å². The zero-order chi connectivity index (χ0) is 20.4. The highest BCUT2D eigenvalue weighted by atomic mass is 19.1. The number of carbonyl (C=O) groups is 1. The summed E-state index contributed by atoms with van der Waals surface area (Å²) in [6, 6.07) is 5.19. The topological polar surface area (TPSA) is 88.9 Å². The van der Waals surface area contributed by atoms with E-state index in [2.05, 4.69) is 15.2 Å². The maximum absolute atomic E-state index is 13.5. The van der Waals surface area contributed by atoms with Crippen LogP contribution in [0, 0.1) is 5.82 Å². The first-order chi connectivity index (χ1) is 14.0. The van der Waals surface area contributed by atoms with Gasteiger partial charge in [0.2, 0.25) is 0 Å². The van der Waals surface area contributed by atoms with Gasteiger partial charge in [0.15, 0.2) is 0 Å². The number of hydrogen-bond acceptors (Lipinski definition) is 6. The Morgan fingerprint density at radius 2 is 2.17 bits per heavy atom. The standard InChI is InChI=1S/C20H25FN4O4/c1-24-12-22-11-16(24)20(27)23-15-10-17(29-14-4-2-3-13(21)9-14)19(26)18(15)25-5-7-28-8-6-25/h2-4,9,11-12,15,17-19,26H,5-8,10H2,1H3,(H,23,27)/t15-,17-,18+,19+/m1/s1. The Balaban J connectivity index is 1.53. The Bertz CT molecular complexity index is 855. The number of carbonyl (C=O) groups excluding carboxylic acids is 1. The van der Waals surface area contributed by atoms with Crippen LogP contribution in [0.5, 0.6) is 5.75 Å². The molecule has 9 heteroatoms. The number of rotatable bonds is 5. The molecule has 2 N–H and O–H groups in total. The summed E-state index contributed by atoms with van der Waals surface area (Å²) in [6.07, 6.45) is 2.07. The number of aromatic nitrogens is 2. The maximum atomic E-state index is 13.5. The van der Waals surface area contributed by atoms with Crippen molar-refractivity contribution in [1.29, 1.82) is 0 Å². The van der Waals surface area contributed by atoms with E-state index in [1.807, 2.05) is 0 Å². The van der Waals surface area contributed by atoms with Gasteiger partial charge in [0.25, 0.3) is 5.91 Å². The molecule has 2 heterocycles. The zero-order valence-corrected chi connectivity index (χ0v) is 16.2. The highest BCUT2D eigenvalue weighted by Gasteiger charge is 2.47. The molecule has 0 spiro atoms.